The normalized spacial score (nSPS) is 27.2. The Hall–Kier alpha value is -1.37. The number of allylic oxidation sites excluding steroid dienone is 7. The number of rotatable bonds is 1. The van der Waals surface area contributed by atoms with E-state index in [-0.39, 0.29) is 5.78 Å². The molecule has 0 aliphatic heterocycles. The van der Waals surface area contributed by atoms with Gasteiger partial charge in [0.2, 0.25) is 0 Å². The molecular formula is C20H30O. The number of hydrogen-bond acceptors (Lipinski definition) is 1. The average Bonchev–Trinajstić information content (AvgIpc) is 2.43. The topological polar surface area (TPSA) is 17.1 Å². The molecule has 1 nitrogen and oxygen atoms in total. The molecule has 0 aromatic rings. The van der Waals surface area contributed by atoms with E-state index in [0.29, 0.717) is 12.3 Å². The predicted octanol–water partition coefficient (Wildman–Crippen LogP) is 5.94. The molecule has 0 unspecified atom stereocenters. The highest BCUT2D eigenvalue weighted by atomic mass is 16.1. The van der Waals surface area contributed by atoms with E-state index in [1.807, 2.05) is 0 Å². The molecule has 116 valence electrons. The van der Waals surface area contributed by atoms with Gasteiger partial charge in [0, 0.05) is 6.42 Å². The Morgan fingerprint density at radius 1 is 0.952 bits per heavy atom. The smallest absolute Gasteiger partial charge is 0.158 e. The van der Waals surface area contributed by atoms with Crippen LogP contribution in [0.25, 0.3) is 0 Å². The highest BCUT2D eigenvalue weighted by Gasteiger charge is 2.10. The summed E-state index contributed by atoms with van der Waals surface area (Å²) in [7, 11) is 0. The lowest BCUT2D eigenvalue weighted by Crippen LogP contribution is -2.04. The van der Waals surface area contributed by atoms with Crippen LogP contribution in [-0.4, -0.2) is 5.78 Å². The highest BCUT2D eigenvalue weighted by molar-refractivity contribution is 5.94. The summed E-state index contributed by atoms with van der Waals surface area (Å²) >= 11 is 0. The van der Waals surface area contributed by atoms with E-state index >= 15 is 0 Å². The molecule has 0 N–H and O–H groups in total. The van der Waals surface area contributed by atoms with Crippen molar-refractivity contribution in [2.24, 2.45) is 5.92 Å². The fourth-order valence-corrected chi connectivity index (χ4v) is 2.47. The third kappa shape index (κ3) is 6.75. The maximum atomic E-state index is 12.1. The molecule has 0 heterocycles. The average molecular weight is 286 g/mol. The van der Waals surface area contributed by atoms with Gasteiger partial charge >= 0.3 is 0 Å². The Morgan fingerprint density at radius 3 is 2.33 bits per heavy atom. The van der Waals surface area contributed by atoms with Gasteiger partial charge in [0.05, 0.1) is 0 Å². The second-order valence-electron chi connectivity index (χ2n) is 6.53. The van der Waals surface area contributed by atoms with Crippen LogP contribution in [-0.2, 0) is 4.79 Å². The first-order chi connectivity index (χ1) is 9.90. The minimum absolute atomic E-state index is 0.231. The zero-order valence-electron chi connectivity index (χ0n) is 14.2. The molecule has 0 aromatic carbocycles. The second-order valence-corrected chi connectivity index (χ2v) is 6.53. The Balaban J connectivity index is 2.92. The summed E-state index contributed by atoms with van der Waals surface area (Å²) in [4.78, 5) is 12.1. The van der Waals surface area contributed by atoms with Gasteiger partial charge in [-0.05, 0) is 57.4 Å². The maximum Gasteiger partial charge on any atom is 0.158 e. The Bertz CT molecular complexity index is 472. The number of Topliss-reactive ketones (excluding diaryl/α,β-unsaturated/α-hetero) is 1. The number of hydrogen-bond donors (Lipinski definition) is 0. The Kier molecular flexibility index (Phi) is 7.42. The predicted molar refractivity (Wildman–Crippen MR) is 92.3 cm³/mol. The van der Waals surface area contributed by atoms with Gasteiger partial charge in [0.1, 0.15) is 0 Å². The van der Waals surface area contributed by atoms with Gasteiger partial charge < -0.3 is 0 Å². The molecule has 0 saturated heterocycles. The quantitative estimate of drug-likeness (QED) is 0.430. The summed E-state index contributed by atoms with van der Waals surface area (Å²) in [6.45, 7) is 12.7. The molecule has 0 aromatic heterocycles. The fraction of sp³-hybridized carbons (Fsp3) is 0.550. The maximum absolute atomic E-state index is 12.1. The summed E-state index contributed by atoms with van der Waals surface area (Å²) in [5, 5.41) is 0. The summed E-state index contributed by atoms with van der Waals surface area (Å²) in [5.41, 5.74) is 4.93. The van der Waals surface area contributed by atoms with Gasteiger partial charge in [-0.15, -0.1) is 0 Å². The van der Waals surface area contributed by atoms with Crippen molar-refractivity contribution in [3.05, 3.63) is 47.1 Å². The summed E-state index contributed by atoms with van der Waals surface area (Å²) in [6, 6.07) is 0. The molecule has 0 atom stereocenters. The lowest BCUT2D eigenvalue weighted by Gasteiger charge is -2.13. The summed E-state index contributed by atoms with van der Waals surface area (Å²) in [5.74, 6) is 0.752. The van der Waals surface area contributed by atoms with Gasteiger partial charge in [0.25, 0.3) is 0 Å². The molecule has 1 heteroatoms. The second kappa shape index (κ2) is 8.81. The lowest BCUT2D eigenvalue weighted by molar-refractivity contribution is -0.115. The molecular weight excluding hydrogens is 256 g/mol. The lowest BCUT2D eigenvalue weighted by atomic mass is 9.92. The highest BCUT2D eigenvalue weighted by Crippen LogP contribution is 2.22. The van der Waals surface area contributed by atoms with E-state index in [1.165, 1.54) is 16.7 Å². The molecule has 0 amide bonds. The molecule has 0 spiro atoms. The molecule has 1 aliphatic carbocycles. The van der Waals surface area contributed by atoms with E-state index in [4.69, 9.17) is 0 Å². The van der Waals surface area contributed by atoms with Crippen LogP contribution in [0.5, 0.6) is 0 Å². The Labute approximate surface area is 130 Å². The molecule has 1 rings (SSSR count). The van der Waals surface area contributed by atoms with Crippen LogP contribution in [0.2, 0.25) is 0 Å². The van der Waals surface area contributed by atoms with Crippen LogP contribution in [0.4, 0.5) is 0 Å². The van der Waals surface area contributed by atoms with Gasteiger partial charge in [0.15, 0.2) is 5.78 Å². The van der Waals surface area contributed by atoms with Crippen molar-refractivity contribution in [3.8, 4) is 0 Å². The van der Waals surface area contributed by atoms with Crippen molar-refractivity contribution in [2.45, 2.75) is 66.2 Å². The van der Waals surface area contributed by atoms with E-state index in [9.17, 15) is 4.79 Å². The zero-order valence-corrected chi connectivity index (χ0v) is 14.2. The first kappa shape index (κ1) is 17.7. The first-order valence-electron chi connectivity index (χ1n) is 8.13. The molecule has 0 bridgehead atoms. The van der Waals surface area contributed by atoms with Crippen LogP contribution in [0.15, 0.2) is 47.1 Å². The minimum Gasteiger partial charge on any atom is -0.295 e. The Morgan fingerprint density at radius 2 is 1.67 bits per heavy atom. The molecule has 21 heavy (non-hydrogen) atoms. The van der Waals surface area contributed by atoms with Gasteiger partial charge in [-0.1, -0.05) is 55.4 Å². The van der Waals surface area contributed by atoms with Crippen molar-refractivity contribution in [1.29, 1.82) is 0 Å². The standard InChI is InChI=1S/C20H30O/c1-15(2)19-12-9-16(3)7-6-8-17(4)10-14-20(21)18(5)11-13-19/h8-9,12,15H,5-7,10-11,13-14H2,1-4H3/b16-9+,17-8+,19-12+. The van der Waals surface area contributed by atoms with Crippen LogP contribution < -0.4 is 0 Å². The van der Waals surface area contributed by atoms with Crippen molar-refractivity contribution >= 4 is 5.78 Å². The van der Waals surface area contributed by atoms with Crippen LogP contribution >= 0.6 is 0 Å². The van der Waals surface area contributed by atoms with Crippen molar-refractivity contribution in [2.75, 3.05) is 0 Å². The number of carbonyl (C=O) groups is 1. The molecule has 0 fully saturated rings. The van der Waals surface area contributed by atoms with E-state index in [1.54, 1.807) is 0 Å². The van der Waals surface area contributed by atoms with E-state index < -0.39 is 0 Å². The molecule has 0 saturated carbocycles. The van der Waals surface area contributed by atoms with Crippen LogP contribution in [0.3, 0.4) is 0 Å². The third-order valence-electron chi connectivity index (χ3n) is 4.21. The van der Waals surface area contributed by atoms with Crippen LogP contribution in [0, 0.1) is 5.92 Å². The third-order valence-corrected chi connectivity index (χ3v) is 4.21. The van der Waals surface area contributed by atoms with Crippen molar-refractivity contribution in [3.63, 3.8) is 0 Å². The SMILES string of the molecule is C=C1CC/C(C(C)C)=C\C=C(/C)CC/C=C(\C)CCC1=O. The fourth-order valence-electron chi connectivity index (χ4n) is 2.47. The van der Waals surface area contributed by atoms with Gasteiger partial charge in [-0.25, -0.2) is 0 Å². The molecule has 0 radical (unpaired) electrons. The monoisotopic (exact) mass is 286 g/mol. The first-order valence-corrected chi connectivity index (χ1v) is 8.13. The van der Waals surface area contributed by atoms with E-state index in [2.05, 4.69) is 52.5 Å². The zero-order chi connectivity index (χ0) is 15.8. The van der Waals surface area contributed by atoms with Crippen LogP contribution in [0.1, 0.15) is 66.2 Å². The van der Waals surface area contributed by atoms with Gasteiger partial charge in [-0.2, -0.15) is 0 Å². The number of carbonyl (C=O) groups excluding carboxylic acids is 1. The molecule has 1 aliphatic rings. The minimum atomic E-state index is 0.231. The number of ketones is 1. The summed E-state index contributed by atoms with van der Waals surface area (Å²) < 4.78 is 0. The van der Waals surface area contributed by atoms with E-state index in [0.717, 1.165) is 37.7 Å². The largest absolute Gasteiger partial charge is 0.295 e. The summed E-state index contributed by atoms with van der Waals surface area (Å²) in [6.07, 6.45) is 12.1. The van der Waals surface area contributed by atoms with Crippen molar-refractivity contribution < 1.29 is 4.79 Å². The van der Waals surface area contributed by atoms with Gasteiger partial charge in [-0.3, -0.25) is 4.79 Å². The van der Waals surface area contributed by atoms with Crippen molar-refractivity contribution in [1.82, 2.24) is 0 Å².